The molecule has 0 radical (unpaired) electrons. The van der Waals surface area contributed by atoms with Crippen LogP contribution >= 0.6 is 0 Å². The SMILES string of the molecule is NS(=O)(=O)c1ccc(N2CCCCCC2C(=O)O)cc1. The molecule has 0 amide bonds. The smallest absolute Gasteiger partial charge is 0.326 e. The number of hydrogen-bond acceptors (Lipinski definition) is 4. The number of aliphatic carboxylic acids is 1. The molecule has 0 aromatic heterocycles. The zero-order chi connectivity index (χ0) is 14.8. The number of carbonyl (C=O) groups is 1. The number of anilines is 1. The fourth-order valence-corrected chi connectivity index (χ4v) is 3.02. The van der Waals surface area contributed by atoms with Gasteiger partial charge in [-0.05, 0) is 37.1 Å². The van der Waals surface area contributed by atoms with Gasteiger partial charge in [-0.2, -0.15) is 0 Å². The van der Waals surface area contributed by atoms with E-state index in [2.05, 4.69) is 0 Å². The summed E-state index contributed by atoms with van der Waals surface area (Å²) in [5, 5.41) is 14.4. The van der Waals surface area contributed by atoms with Crippen LogP contribution < -0.4 is 10.0 Å². The van der Waals surface area contributed by atoms with Gasteiger partial charge in [0.15, 0.2) is 0 Å². The number of rotatable bonds is 3. The maximum atomic E-state index is 11.4. The van der Waals surface area contributed by atoms with Crippen LogP contribution in [0.3, 0.4) is 0 Å². The molecule has 1 fully saturated rings. The Hall–Kier alpha value is -1.60. The molecule has 1 aliphatic rings. The van der Waals surface area contributed by atoms with E-state index < -0.39 is 22.0 Å². The van der Waals surface area contributed by atoms with Crippen molar-refractivity contribution < 1.29 is 18.3 Å². The van der Waals surface area contributed by atoms with E-state index in [1.807, 2.05) is 4.90 Å². The summed E-state index contributed by atoms with van der Waals surface area (Å²) in [6.45, 7) is 0.658. The lowest BCUT2D eigenvalue weighted by molar-refractivity contribution is -0.138. The topological polar surface area (TPSA) is 101 Å². The third-order valence-corrected chi connectivity index (χ3v) is 4.46. The van der Waals surface area contributed by atoms with Crippen LogP contribution in [0.15, 0.2) is 29.2 Å². The molecule has 1 aromatic carbocycles. The number of carboxylic acids is 1. The van der Waals surface area contributed by atoms with E-state index in [9.17, 15) is 18.3 Å². The second kappa shape index (κ2) is 5.80. The zero-order valence-electron chi connectivity index (χ0n) is 11.0. The van der Waals surface area contributed by atoms with Crippen LogP contribution in [0.2, 0.25) is 0 Å². The van der Waals surface area contributed by atoms with Crippen molar-refractivity contribution in [3.05, 3.63) is 24.3 Å². The van der Waals surface area contributed by atoms with Crippen molar-refractivity contribution in [3.8, 4) is 0 Å². The van der Waals surface area contributed by atoms with E-state index in [-0.39, 0.29) is 4.90 Å². The summed E-state index contributed by atoms with van der Waals surface area (Å²) in [5.74, 6) is -0.845. The Labute approximate surface area is 118 Å². The third kappa shape index (κ3) is 3.29. The highest BCUT2D eigenvalue weighted by Gasteiger charge is 2.27. The first-order valence-electron chi connectivity index (χ1n) is 6.52. The van der Waals surface area contributed by atoms with E-state index in [0.717, 1.165) is 19.3 Å². The van der Waals surface area contributed by atoms with Gasteiger partial charge in [0.2, 0.25) is 10.0 Å². The average molecular weight is 298 g/mol. The van der Waals surface area contributed by atoms with Crippen LogP contribution in [0.1, 0.15) is 25.7 Å². The van der Waals surface area contributed by atoms with Crippen molar-refractivity contribution in [2.24, 2.45) is 5.14 Å². The zero-order valence-corrected chi connectivity index (χ0v) is 11.8. The van der Waals surface area contributed by atoms with Gasteiger partial charge in [0.05, 0.1) is 4.90 Å². The quantitative estimate of drug-likeness (QED) is 0.872. The van der Waals surface area contributed by atoms with Gasteiger partial charge in [0.25, 0.3) is 0 Å². The first kappa shape index (κ1) is 14.8. The summed E-state index contributed by atoms with van der Waals surface area (Å²) in [4.78, 5) is 13.2. The highest BCUT2D eigenvalue weighted by molar-refractivity contribution is 7.89. The Morgan fingerprint density at radius 3 is 2.40 bits per heavy atom. The molecule has 2 rings (SSSR count). The summed E-state index contributed by atoms with van der Waals surface area (Å²) in [6.07, 6.45) is 3.44. The number of hydrogen-bond donors (Lipinski definition) is 2. The fourth-order valence-electron chi connectivity index (χ4n) is 2.50. The Bertz CT molecular complexity index is 583. The van der Waals surface area contributed by atoms with Gasteiger partial charge >= 0.3 is 5.97 Å². The van der Waals surface area contributed by atoms with Crippen LogP contribution in [0.25, 0.3) is 0 Å². The highest BCUT2D eigenvalue weighted by Crippen LogP contribution is 2.25. The molecule has 1 aliphatic heterocycles. The van der Waals surface area contributed by atoms with E-state index >= 15 is 0 Å². The van der Waals surface area contributed by atoms with Crippen LogP contribution in [0.4, 0.5) is 5.69 Å². The van der Waals surface area contributed by atoms with Crippen LogP contribution in [-0.4, -0.2) is 32.1 Å². The number of nitrogens with zero attached hydrogens (tertiary/aromatic N) is 1. The summed E-state index contributed by atoms with van der Waals surface area (Å²) in [6, 6.07) is 5.49. The van der Waals surface area contributed by atoms with E-state index in [0.29, 0.717) is 18.7 Å². The first-order valence-corrected chi connectivity index (χ1v) is 8.06. The van der Waals surface area contributed by atoms with E-state index in [4.69, 9.17) is 5.14 Å². The van der Waals surface area contributed by atoms with Crippen LogP contribution in [0, 0.1) is 0 Å². The van der Waals surface area contributed by atoms with Gasteiger partial charge in [-0.3, -0.25) is 0 Å². The normalized spacial score (nSPS) is 20.4. The van der Waals surface area contributed by atoms with Crippen molar-refractivity contribution in [2.75, 3.05) is 11.4 Å². The van der Waals surface area contributed by atoms with Crippen molar-refractivity contribution in [1.82, 2.24) is 0 Å². The van der Waals surface area contributed by atoms with Gasteiger partial charge in [0, 0.05) is 12.2 Å². The predicted molar refractivity (Wildman–Crippen MR) is 75.1 cm³/mol. The molecule has 0 aliphatic carbocycles. The lowest BCUT2D eigenvalue weighted by Crippen LogP contribution is -2.40. The van der Waals surface area contributed by atoms with Crippen molar-refractivity contribution in [3.63, 3.8) is 0 Å². The summed E-state index contributed by atoms with van der Waals surface area (Å²) >= 11 is 0. The largest absolute Gasteiger partial charge is 0.480 e. The maximum absolute atomic E-state index is 11.4. The molecular weight excluding hydrogens is 280 g/mol. The lowest BCUT2D eigenvalue weighted by atomic mass is 10.1. The minimum Gasteiger partial charge on any atom is -0.480 e. The molecule has 1 heterocycles. The molecule has 20 heavy (non-hydrogen) atoms. The minimum atomic E-state index is -3.72. The molecule has 1 aromatic rings. The standard InChI is InChI=1S/C13H18N2O4S/c14-20(18,19)11-7-5-10(6-8-11)15-9-3-1-2-4-12(15)13(16)17/h5-8,12H,1-4,9H2,(H,16,17)(H2,14,18,19). The molecule has 1 saturated heterocycles. The van der Waals surface area contributed by atoms with E-state index in [1.165, 1.54) is 12.1 Å². The summed E-state index contributed by atoms with van der Waals surface area (Å²) in [5.41, 5.74) is 0.715. The molecule has 0 bridgehead atoms. The van der Waals surface area contributed by atoms with Gasteiger partial charge < -0.3 is 10.0 Å². The summed E-state index contributed by atoms with van der Waals surface area (Å²) < 4.78 is 22.4. The van der Waals surface area contributed by atoms with Gasteiger partial charge in [-0.25, -0.2) is 18.4 Å². The fraction of sp³-hybridized carbons (Fsp3) is 0.462. The molecule has 1 unspecified atom stereocenters. The van der Waals surface area contributed by atoms with Gasteiger partial charge in [-0.1, -0.05) is 12.8 Å². The Kier molecular flexibility index (Phi) is 4.29. The monoisotopic (exact) mass is 298 g/mol. The Morgan fingerprint density at radius 2 is 1.85 bits per heavy atom. The second-order valence-corrected chi connectivity index (χ2v) is 6.50. The summed E-state index contributed by atoms with van der Waals surface area (Å²) in [7, 11) is -3.72. The molecule has 1 atom stereocenters. The minimum absolute atomic E-state index is 0.0305. The van der Waals surface area contributed by atoms with Crippen molar-refractivity contribution in [1.29, 1.82) is 0 Å². The number of nitrogens with two attached hydrogens (primary N) is 1. The molecule has 0 saturated carbocycles. The third-order valence-electron chi connectivity index (χ3n) is 3.53. The number of benzene rings is 1. The van der Waals surface area contributed by atoms with Crippen LogP contribution in [0.5, 0.6) is 0 Å². The first-order chi connectivity index (χ1) is 9.39. The molecule has 110 valence electrons. The number of sulfonamides is 1. The maximum Gasteiger partial charge on any atom is 0.326 e. The number of primary sulfonamides is 1. The van der Waals surface area contributed by atoms with Crippen molar-refractivity contribution in [2.45, 2.75) is 36.6 Å². The Balaban J connectivity index is 2.30. The molecule has 7 heteroatoms. The van der Waals surface area contributed by atoms with Gasteiger partial charge in [-0.15, -0.1) is 0 Å². The van der Waals surface area contributed by atoms with Crippen LogP contribution in [-0.2, 0) is 14.8 Å². The van der Waals surface area contributed by atoms with Gasteiger partial charge in [0.1, 0.15) is 6.04 Å². The average Bonchev–Trinajstić information content (AvgIpc) is 2.63. The highest BCUT2D eigenvalue weighted by atomic mass is 32.2. The predicted octanol–water partition coefficient (Wildman–Crippen LogP) is 1.17. The molecular formula is C13H18N2O4S. The second-order valence-electron chi connectivity index (χ2n) is 4.94. The Morgan fingerprint density at radius 1 is 1.20 bits per heavy atom. The van der Waals surface area contributed by atoms with Crippen molar-refractivity contribution >= 4 is 21.7 Å². The molecule has 0 spiro atoms. The van der Waals surface area contributed by atoms with E-state index in [1.54, 1.807) is 12.1 Å². The lowest BCUT2D eigenvalue weighted by Gasteiger charge is -2.29. The number of carboxylic acid groups (broad SMARTS) is 1. The molecule has 6 nitrogen and oxygen atoms in total. The molecule has 3 N–H and O–H groups in total.